The Kier molecular flexibility index (Phi) is 4.82. The first-order chi connectivity index (χ1) is 12.1. The number of benzene rings is 1. The molecule has 1 aromatic rings. The van der Waals surface area contributed by atoms with Gasteiger partial charge in [0, 0.05) is 11.5 Å². The van der Waals surface area contributed by atoms with Crippen molar-refractivity contribution in [1.82, 2.24) is 0 Å². The maximum absolute atomic E-state index is 14.6. The third kappa shape index (κ3) is 3.12. The zero-order valence-corrected chi connectivity index (χ0v) is 16.2. The van der Waals surface area contributed by atoms with Gasteiger partial charge in [0.1, 0.15) is 11.6 Å². The van der Waals surface area contributed by atoms with Gasteiger partial charge in [-0.3, -0.25) is 4.79 Å². The van der Waals surface area contributed by atoms with Crippen molar-refractivity contribution in [3.63, 3.8) is 0 Å². The molecule has 26 heavy (non-hydrogen) atoms. The Morgan fingerprint density at radius 2 is 1.73 bits per heavy atom. The van der Waals surface area contributed by atoms with Crippen molar-refractivity contribution in [2.75, 3.05) is 14.2 Å². The van der Waals surface area contributed by atoms with Gasteiger partial charge >= 0.3 is 13.1 Å². The van der Waals surface area contributed by atoms with Gasteiger partial charge in [-0.05, 0) is 52.0 Å². The molecule has 0 amide bonds. The van der Waals surface area contributed by atoms with E-state index in [2.05, 4.69) is 0 Å². The van der Waals surface area contributed by atoms with E-state index in [1.165, 1.54) is 20.3 Å². The van der Waals surface area contributed by atoms with Gasteiger partial charge in [0.25, 0.3) is 0 Å². The fourth-order valence-corrected chi connectivity index (χ4v) is 3.46. The Morgan fingerprint density at radius 1 is 1.15 bits per heavy atom. The van der Waals surface area contributed by atoms with Crippen LogP contribution in [0.2, 0.25) is 0 Å². The van der Waals surface area contributed by atoms with Crippen molar-refractivity contribution < 1.29 is 28.0 Å². The van der Waals surface area contributed by atoms with E-state index >= 15 is 0 Å². The minimum atomic E-state index is -0.634. The molecule has 2 aliphatic rings. The summed E-state index contributed by atoms with van der Waals surface area (Å²) in [5.41, 5.74) is 0.243. The second kappa shape index (κ2) is 6.53. The largest absolute Gasteiger partial charge is 0.498 e. The summed E-state index contributed by atoms with van der Waals surface area (Å²) in [5.74, 6) is -0.358. The van der Waals surface area contributed by atoms with Crippen LogP contribution < -0.4 is 10.2 Å². The molecule has 0 spiro atoms. The van der Waals surface area contributed by atoms with E-state index in [0.29, 0.717) is 29.6 Å². The van der Waals surface area contributed by atoms with E-state index in [1.807, 2.05) is 27.7 Å². The number of carbonyl (C=O) groups excluding carboxylic acids is 1. The standard InChI is InChI=1S/C19H26BFO5/c1-18(2)19(3,4)26-20(25-18)14-9-13(15(21)10-16(14)23-5)11-7-12(8-11)17(22)24-6/h9-12H,7-8H2,1-6H3/t11-,12-. The van der Waals surface area contributed by atoms with E-state index in [4.69, 9.17) is 18.8 Å². The van der Waals surface area contributed by atoms with Gasteiger partial charge in [-0.2, -0.15) is 0 Å². The summed E-state index contributed by atoms with van der Waals surface area (Å²) >= 11 is 0. The summed E-state index contributed by atoms with van der Waals surface area (Å²) in [5, 5.41) is 0. The van der Waals surface area contributed by atoms with Gasteiger partial charge in [-0.25, -0.2) is 4.39 Å². The van der Waals surface area contributed by atoms with Crippen LogP contribution in [0.15, 0.2) is 12.1 Å². The van der Waals surface area contributed by atoms with Gasteiger partial charge in [0.2, 0.25) is 0 Å². The summed E-state index contributed by atoms with van der Waals surface area (Å²) < 4.78 is 36.9. The molecule has 0 N–H and O–H groups in total. The van der Waals surface area contributed by atoms with E-state index in [9.17, 15) is 9.18 Å². The molecule has 3 rings (SSSR count). The minimum absolute atomic E-state index is 0.0221. The number of ether oxygens (including phenoxy) is 2. The number of hydrogen-bond acceptors (Lipinski definition) is 5. The number of methoxy groups -OCH3 is 2. The quantitative estimate of drug-likeness (QED) is 0.608. The fourth-order valence-electron chi connectivity index (χ4n) is 3.46. The molecule has 0 bridgehead atoms. The fraction of sp³-hybridized carbons (Fsp3) is 0.632. The second-order valence-corrected chi connectivity index (χ2v) is 8.09. The van der Waals surface area contributed by atoms with Crippen molar-refractivity contribution >= 4 is 18.6 Å². The van der Waals surface area contributed by atoms with Crippen LogP contribution >= 0.6 is 0 Å². The Balaban J connectivity index is 1.89. The molecule has 5 nitrogen and oxygen atoms in total. The maximum Gasteiger partial charge on any atom is 0.498 e. The third-order valence-corrected chi connectivity index (χ3v) is 5.97. The monoisotopic (exact) mass is 364 g/mol. The highest BCUT2D eigenvalue weighted by molar-refractivity contribution is 6.63. The molecule has 0 unspecified atom stereocenters. The molecular formula is C19H26BFO5. The first kappa shape index (κ1) is 19.2. The molecule has 0 aromatic heterocycles. The first-order valence-corrected chi connectivity index (χ1v) is 8.90. The molecule has 1 aromatic carbocycles. The van der Waals surface area contributed by atoms with Crippen LogP contribution in [0.1, 0.15) is 52.0 Å². The average molecular weight is 364 g/mol. The number of carbonyl (C=O) groups is 1. The lowest BCUT2D eigenvalue weighted by atomic mass is 9.69. The van der Waals surface area contributed by atoms with Crippen LogP contribution in [0, 0.1) is 11.7 Å². The molecule has 2 fully saturated rings. The van der Waals surface area contributed by atoms with Crippen LogP contribution in [0.3, 0.4) is 0 Å². The highest BCUT2D eigenvalue weighted by Crippen LogP contribution is 2.44. The van der Waals surface area contributed by atoms with E-state index in [1.54, 1.807) is 6.07 Å². The Bertz CT molecular complexity index is 696. The van der Waals surface area contributed by atoms with E-state index in [0.717, 1.165) is 0 Å². The lowest BCUT2D eigenvalue weighted by Gasteiger charge is -2.34. The molecule has 1 aliphatic carbocycles. The van der Waals surface area contributed by atoms with Crippen LogP contribution in [-0.2, 0) is 18.8 Å². The molecule has 0 atom stereocenters. The molecule has 1 saturated heterocycles. The zero-order chi connectivity index (χ0) is 19.3. The summed E-state index contributed by atoms with van der Waals surface area (Å²) in [7, 11) is 2.24. The van der Waals surface area contributed by atoms with Crippen molar-refractivity contribution in [2.24, 2.45) is 5.92 Å². The molecule has 1 saturated carbocycles. The highest BCUT2D eigenvalue weighted by atomic mass is 19.1. The van der Waals surface area contributed by atoms with Crippen molar-refractivity contribution in [3.05, 3.63) is 23.5 Å². The number of esters is 1. The lowest BCUT2D eigenvalue weighted by Crippen LogP contribution is -2.41. The third-order valence-electron chi connectivity index (χ3n) is 5.97. The Labute approximate surface area is 154 Å². The SMILES string of the molecule is COc1cc(F)c([C@H]2C[C@H](C(=O)OC)C2)cc1B1OC(C)(C)C(C)(C)O1. The predicted molar refractivity (Wildman–Crippen MR) is 96.1 cm³/mol. The molecule has 0 radical (unpaired) electrons. The van der Waals surface area contributed by atoms with Crippen LogP contribution in [-0.4, -0.2) is 38.5 Å². The summed E-state index contributed by atoms with van der Waals surface area (Å²) in [6, 6.07) is 3.13. The molecule has 7 heteroatoms. The van der Waals surface area contributed by atoms with Gasteiger partial charge in [0.15, 0.2) is 0 Å². The summed E-state index contributed by atoms with van der Waals surface area (Å²) in [6.45, 7) is 7.88. The number of halogens is 1. The lowest BCUT2D eigenvalue weighted by molar-refractivity contribution is -0.148. The minimum Gasteiger partial charge on any atom is -0.497 e. The van der Waals surface area contributed by atoms with Crippen LogP contribution in [0.4, 0.5) is 4.39 Å². The van der Waals surface area contributed by atoms with Gasteiger partial charge in [-0.15, -0.1) is 0 Å². The van der Waals surface area contributed by atoms with Gasteiger partial charge < -0.3 is 18.8 Å². The molecule has 1 aliphatic heterocycles. The first-order valence-electron chi connectivity index (χ1n) is 8.90. The topological polar surface area (TPSA) is 54.0 Å². The smallest absolute Gasteiger partial charge is 0.497 e. The van der Waals surface area contributed by atoms with E-state index < -0.39 is 18.3 Å². The van der Waals surface area contributed by atoms with Crippen LogP contribution in [0.5, 0.6) is 5.75 Å². The molecule has 1 heterocycles. The van der Waals surface area contributed by atoms with E-state index in [-0.39, 0.29) is 23.6 Å². The van der Waals surface area contributed by atoms with Crippen molar-refractivity contribution in [2.45, 2.75) is 57.7 Å². The normalized spacial score (nSPS) is 26.3. The summed E-state index contributed by atoms with van der Waals surface area (Å²) in [4.78, 5) is 11.6. The zero-order valence-electron chi connectivity index (χ0n) is 16.2. The molecular weight excluding hydrogens is 338 g/mol. The van der Waals surface area contributed by atoms with Crippen LogP contribution in [0.25, 0.3) is 0 Å². The number of hydrogen-bond donors (Lipinski definition) is 0. The summed E-state index contributed by atoms with van der Waals surface area (Å²) in [6.07, 6.45) is 1.16. The van der Waals surface area contributed by atoms with Crippen molar-refractivity contribution in [3.8, 4) is 5.75 Å². The van der Waals surface area contributed by atoms with Gasteiger partial charge in [0.05, 0.1) is 31.3 Å². The molecule has 142 valence electrons. The maximum atomic E-state index is 14.6. The average Bonchev–Trinajstić information content (AvgIpc) is 2.74. The Hall–Kier alpha value is -1.60. The predicted octanol–water partition coefficient (Wildman–Crippen LogP) is 2.80. The Morgan fingerprint density at radius 3 is 2.23 bits per heavy atom. The number of rotatable bonds is 4. The van der Waals surface area contributed by atoms with Gasteiger partial charge in [-0.1, -0.05) is 6.07 Å². The second-order valence-electron chi connectivity index (χ2n) is 8.09. The highest BCUT2D eigenvalue weighted by Gasteiger charge is 2.53. The van der Waals surface area contributed by atoms with Crippen molar-refractivity contribution in [1.29, 1.82) is 0 Å².